The van der Waals surface area contributed by atoms with Gasteiger partial charge in [0, 0.05) is 33.2 Å². The van der Waals surface area contributed by atoms with Crippen molar-refractivity contribution in [2.45, 2.75) is 0 Å². The van der Waals surface area contributed by atoms with Crippen molar-refractivity contribution in [3.8, 4) is 50.7 Å². The van der Waals surface area contributed by atoms with Crippen LogP contribution in [0.25, 0.3) is 105 Å². The van der Waals surface area contributed by atoms with Gasteiger partial charge in [0.1, 0.15) is 0 Å². The monoisotopic (exact) mass is 699 g/mol. The first-order chi connectivity index (χ1) is 27.3. The molecule has 0 radical (unpaired) electrons. The fraction of sp³-hybridized carbons (Fsp3) is 0. The predicted molar refractivity (Wildman–Crippen MR) is 231 cm³/mol. The predicted octanol–water partition coefficient (Wildman–Crippen LogP) is 13.7. The largest absolute Gasteiger partial charge is 0.309 e. The molecule has 9 aromatic carbocycles. The Morgan fingerprint density at radius 3 is 1.78 bits per heavy atom. The molecule has 0 fully saturated rings. The molecule has 0 N–H and O–H groups in total. The minimum atomic E-state index is 0.688. The summed E-state index contributed by atoms with van der Waals surface area (Å²) in [6.45, 7) is 0. The Labute approximate surface area is 318 Å². The number of benzene rings is 9. The molecular weight excluding hydrogens is 667 g/mol. The van der Waals surface area contributed by atoms with Crippen molar-refractivity contribution in [3.05, 3.63) is 200 Å². The number of hydrogen-bond donors (Lipinski definition) is 0. The van der Waals surface area contributed by atoms with Crippen LogP contribution in [0.5, 0.6) is 0 Å². The van der Waals surface area contributed by atoms with Crippen LogP contribution < -0.4 is 0 Å². The summed E-state index contributed by atoms with van der Waals surface area (Å²) in [7, 11) is 0. The third kappa shape index (κ3) is 5.13. The van der Waals surface area contributed by atoms with Gasteiger partial charge in [-0.1, -0.05) is 170 Å². The summed E-state index contributed by atoms with van der Waals surface area (Å²) in [5.74, 6) is 0.688. The zero-order valence-corrected chi connectivity index (χ0v) is 29.9. The Hall–Kier alpha value is -7.36. The quantitative estimate of drug-likeness (QED) is 0.132. The van der Waals surface area contributed by atoms with E-state index in [1.54, 1.807) is 0 Å². The molecule has 256 valence electrons. The van der Waals surface area contributed by atoms with E-state index in [1.165, 1.54) is 43.3 Å². The number of rotatable bonds is 5. The molecule has 0 atom stereocenters. The van der Waals surface area contributed by atoms with Gasteiger partial charge in [0.05, 0.1) is 22.4 Å². The lowest BCUT2D eigenvalue weighted by Gasteiger charge is -2.16. The fourth-order valence-electron chi connectivity index (χ4n) is 8.45. The Morgan fingerprint density at radius 1 is 0.345 bits per heavy atom. The van der Waals surface area contributed by atoms with E-state index in [2.05, 4.69) is 205 Å². The Morgan fingerprint density at radius 2 is 0.964 bits per heavy atom. The van der Waals surface area contributed by atoms with E-state index < -0.39 is 0 Å². The number of aromatic nitrogens is 3. The van der Waals surface area contributed by atoms with E-state index in [0.717, 1.165) is 55.7 Å². The maximum Gasteiger partial charge on any atom is 0.160 e. The van der Waals surface area contributed by atoms with E-state index in [-0.39, 0.29) is 0 Å². The van der Waals surface area contributed by atoms with E-state index in [4.69, 9.17) is 9.97 Å². The second kappa shape index (κ2) is 12.6. The summed E-state index contributed by atoms with van der Waals surface area (Å²) >= 11 is 0. The molecule has 2 aromatic heterocycles. The third-order valence-corrected chi connectivity index (χ3v) is 11.0. The van der Waals surface area contributed by atoms with Crippen LogP contribution >= 0.6 is 0 Å². The van der Waals surface area contributed by atoms with Gasteiger partial charge in [0.25, 0.3) is 0 Å². The molecule has 11 aromatic rings. The molecule has 3 heteroatoms. The topological polar surface area (TPSA) is 30.7 Å². The van der Waals surface area contributed by atoms with E-state index >= 15 is 0 Å². The molecule has 0 aliphatic carbocycles. The van der Waals surface area contributed by atoms with Gasteiger partial charge in [-0.15, -0.1) is 0 Å². The Bertz CT molecular complexity index is 3230. The molecule has 0 saturated carbocycles. The van der Waals surface area contributed by atoms with Crippen LogP contribution in [-0.2, 0) is 0 Å². The minimum absolute atomic E-state index is 0.688. The highest BCUT2D eigenvalue weighted by atomic mass is 15.0. The van der Waals surface area contributed by atoms with Crippen molar-refractivity contribution in [1.82, 2.24) is 14.5 Å². The zero-order chi connectivity index (χ0) is 36.3. The second-order valence-corrected chi connectivity index (χ2v) is 14.1. The number of hydrogen-bond acceptors (Lipinski definition) is 2. The summed E-state index contributed by atoms with van der Waals surface area (Å²) in [6, 6.07) is 71.5. The van der Waals surface area contributed by atoms with Crippen molar-refractivity contribution < 1.29 is 0 Å². The van der Waals surface area contributed by atoms with Crippen molar-refractivity contribution in [3.63, 3.8) is 0 Å². The lowest BCUT2D eigenvalue weighted by molar-refractivity contribution is 1.16. The first-order valence-electron chi connectivity index (χ1n) is 18.7. The molecule has 0 spiro atoms. The molecule has 0 saturated heterocycles. The van der Waals surface area contributed by atoms with Crippen LogP contribution in [0.4, 0.5) is 0 Å². The summed E-state index contributed by atoms with van der Waals surface area (Å²) in [5.41, 5.74) is 10.6. The van der Waals surface area contributed by atoms with Gasteiger partial charge < -0.3 is 4.57 Å². The zero-order valence-electron chi connectivity index (χ0n) is 29.9. The smallest absolute Gasteiger partial charge is 0.160 e. The minimum Gasteiger partial charge on any atom is -0.309 e. The summed E-state index contributed by atoms with van der Waals surface area (Å²) in [6.07, 6.45) is 0. The highest BCUT2D eigenvalue weighted by molar-refractivity contribution is 6.20. The van der Waals surface area contributed by atoms with Crippen molar-refractivity contribution >= 4 is 54.1 Å². The van der Waals surface area contributed by atoms with E-state index in [0.29, 0.717) is 5.82 Å². The summed E-state index contributed by atoms with van der Waals surface area (Å²) < 4.78 is 2.38. The second-order valence-electron chi connectivity index (χ2n) is 14.1. The van der Waals surface area contributed by atoms with Gasteiger partial charge in [0.15, 0.2) is 5.82 Å². The first-order valence-corrected chi connectivity index (χ1v) is 18.7. The Kier molecular flexibility index (Phi) is 7.17. The molecule has 0 unspecified atom stereocenters. The third-order valence-electron chi connectivity index (χ3n) is 11.0. The molecule has 0 amide bonds. The summed E-state index contributed by atoms with van der Waals surface area (Å²) in [4.78, 5) is 10.9. The summed E-state index contributed by atoms with van der Waals surface area (Å²) in [5, 5.41) is 9.58. The van der Waals surface area contributed by atoms with Crippen molar-refractivity contribution in [2.75, 3.05) is 0 Å². The molecule has 2 heterocycles. The first kappa shape index (κ1) is 31.2. The molecule has 55 heavy (non-hydrogen) atoms. The van der Waals surface area contributed by atoms with E-state index in [1.807, 2.05) is 0 Å². The number of para-hydroxylation sites is 3. The van der Waals surface area contributed by atoms with Crippen LogP contribution in [0.1, 0.15) is 0 Å². The maximum absolute atomic E-state index is 5.47. The van der Waals surface area contributed by atoms with Gasteiger partial charge in [-0.3, -0.25) is 0 Å². The lowest BCUT2D eigenvalue weighted by Crippen LogP contribution is -1.99. The molecular formula is C52H33N3. The molecule has 0 aliphatic rings. The van der Waals surface area contributed by atoms with Gasteiger partial charge in [0.2, 0.25) is 0 Å². The highest BCUT2D eigenvalue weighted by Crippen LogP contribution is 2.42. The molecule has 0 bridgehead atoms. The van der Waals surface area contributed by atoms with Crippen LogP contribution in [0.3, 0.4) is 0 Å². The SMILES string of the molecule is c1ccc(-c2ccc(-c3nc(-c4c5ccccc5cc5c4ccc4ccccc45)cc(-c4cccc5c6ccccc6n(-c6ccccc6)c45)n3)cc2)cc1. The standard InChI is InChI=1S/C52H33N3/c1-3-14-34(15-4-1)35-26-28-37(29-27-35)52-53-47(45-24-13-23-44-42-22-11-12-25-49(42)55(51(44)45)39-18-5-2-6-19-39)33-48(54-52)50-41-21-10-8-17-38(41)32-46-40-20-9-7-16-36(40)30-31-43(46)50/h1-33H. The number of nitrogens with zero attached hydrogens (tertiary/aromatic N) is 3. The molecule has 3 nitrogen and oxygen atoms in total. The number of fused-ring (bicyclic) bond motifs is 7. The van der Waals surface area contributed by atoms with Gasteiger partial charge in [-0.05, 0) is 73.8 Å². The van der Waals surface area contributed by atoms with Gasteiger partial charge >= 0.3 is 0 Å². The average molecular weight is 700 g/mol. The van der Waals surface area contributed by atoms with Crippen LogP contribution in [0.2, 0.25) is 0 Å². The Balaban J connectivity index is 1.23. The highest BCUT2D eigenvalue weighted by Gasteiger charge is 2.21. The van der Waals surface area contributed by atoms with Crippen LogP contribution in [0, 0.1) is 0 Å². The normalized spacial score (nSPS) is 11.6. The molecule has 11 rings (SSSR count). The fourth-order valence-corrected chi connectivity index (χ4v) is 8.45. The average Bonchev–Trinajstić information content (AvgIpc) is 3.61. The van der Waals surface area contributed by atoms with Crippen molar-refractivity contribution in [1.29, 1.82) is 0 Å². The molecule has 0 aliphatic heterocycles. The van der Waals surface area contributed by atoms with E-state index in [9.17, 15) is 0 Å². The van der Waals surface area contributed by atoms with Crippen molar-refractivity contribution in [2.24, 2.45) is 0 Å². The van der Waals surface area contributed by atoms with Crippen LogP contribution in [0.15, 0.2) is 200 Å². The van der Waals surface area contributed by atoms with Gasteiger partial charge in [-0.2, -0.15) is 0 Å². The maximum atomic E-state index is 5.47. The van der Waals surface area contributed by atoms with Gasteiger partial charge in [-0.25, -0.2) is 9.97 Å². The van der Waals surface area contributed by atoms with Crippen LogP contribution in [-0.4, -0.2) is 14.5 Å². The lowest BCUT2D eigenvalue weighted by atomic mass is 9.91.